The second kappa shape index (κ2) is 5.81. The molecule has 2 heterocycles. The van der Waals surface area contributed by atoms with Crippen molar-refractivity contribution in [3.63, 3.8) is 0 Å². The molecule has 1 N–H and O–H groups in total. The van der Waals surface area contributed by atoms with E-state index in [0.717, 1.165) is 0 Å². The number of carbonyl (C=O) groups excluding carboxylic acids is 2. The number of rotatable bonds is 4. The number of pyridine rings is 1. The Balaban J connectivity index is 2.08. The standard InChI is InChI=1S/C14H18N4O2/c1-9(2)8-18-14(20)12(10(3)17-18)13(19)16-11-6-4-5-7-15-11/h4-7,9,12H,8H2,1-3H3,(H,15,16,19). The molecule has 2 rings (SSSR count). The third kappa shape index (κ3) is 3.01. The van der Waals surface area contributed by atoms with Crippen LogP contribution in [0.3, 0.4) is 0 Å². The molecule has 1 aliphatic heterocycles. The largest absolute Gasteiger partial charge is 0.310 e. The lowest BCUT2D eigenvalue weighted by Gasteiger charge is -2.16. The van der Waals surface area contributed by atoms with Gasteiger partial charge in [0.1, 0.15) is 5.82 Å². The van der Waals surface area contributed by atoms with E-state index in [9.17, 15) is 9.59 Å². The van der Waals surface area contributed by atoms with Crippen molar-refractivity contribution in [3.05, 3.63) is 24.4 Å². The van der Waals surface area contributed by atoms with Crippen LogP contribution in [0.5, 0.6) is 0 Å². The average molecular weight is 274 g/mol. The zero-order valence-electron chi connectivity index (χ0n) is 11.8. The van der Waals surface area contributed by atoms with Gasteiger partial charge in [-0.1, -0.05) is 19.9 Å². The molecule has 6 heteroatoms. The Kier molecular flexibility index (Phi) is 4.12. The van der Waals surface area contributed by atoms with Gasteiger partial charge in [0.15, 0.2) is 5.92 Å². The maximum Gasteiger partial charge on any atom is 0.261 e. The van der Waals surface area contributed by atoms with E-state index in [1.165, 1.54) is 5.01 Å². The molecule has 1 aromatic heterocycles. The van der Waals surface area contributed by atoms with Gasteiger partial charge in [0.2, 0.25) is 5.91 Å². The van der Waals surface area contributed by atoms with Gasteiger partial charge in [-0.3, -0.25) is 9.59 Å². The summed E-state index contributed by atoms with van der Waals surface area (Å²) in [5.74, 6) is -0.782. The summed E-state index contributed by atoms with van der Waals surface area (Å²) in [6.07, 6.45) is 1.58. The van der Waals surface area contributed by atoms with Crippen LogP contribution in [0.4, 0.5) is 5.82 Å². The van der Waals surface area contributed by atoms with Crippen molar-refractivity contribution in [3.8, 4) is 0 Å². The minimum absolute atomic E-state index is 0.273. The number of hydrogen-bond acceptors (Lipinski definition) is 4. The van der Waals surface area contributed by atoms with Gasteiger partial charge in [-0.15, -0.1) is 0 Å². The summed E-state index contributed by atoms with van der Waals surface area (Å²) in [7, 11) is 0. The molecule has 0 aromatic carbocycles. The summed E-state index contributed by atoms with van der Waals surface area (Å²) < 4.78 is 0. The molecule has 20 heavy (non-hydrogen) atoms. The molecule has 1 aromatic rings. The second-order valence-electron chi connectivity index (χ2n) is 5.19. The number of hydrazone groups is 1. The van der Waals surface area contributed by atoms with Crippen LogP contribution in [0.2, 0.25) is 0 Å². The highest BCUT2D eigenvalue weighted by Gasteiger charge is 2.39. The van der Waals surface area contributed by atoms with E-state index in [2.05, 4.69) is 15.4 Å². The van der Waals surface area contributed by atoms with Crippen LogP contribution in [-0.2, 0) is 9.59 Å². The first-order chi connectivity index (χ1) is 9.49. The Bertz CT molecular complexity index is 539. The van der Waals surface area contributed by atoms with Gasteiger partial charge >= 0.3 is 0 Å². The quantitative estimate of drug-likeness (QED) is 0.846. The summed E-state index contributed by atoms with van der Waals surface area (Å²) in [4.78, 5) is 28.4. The smallest absolute Gasteiger partial charge is 0.261 e. The van der Waals surface area contributed by atoms with Crippen molar-refractivity contribution in [1.82, 2.24) is 9.99 Å². The fourth-order valence-electron chi connectivity index (χ4n) is 2.04. The van der Waals surface area contributed by atoms with Crippen molar-refractivity contribution in [2.24, 2.45) is 16.9 Å². The summed E-state index contributed by atoms with van der Waals surface area (Å²) in [6, 6.07) is 5.20. The van der Waals surface area contributed by atoms with Gasteiger partial charge in [0.25, 0.3) is 5.91 Å². The Hall–Kier alpha value is -2.24. The van der Waals surface area contributed by atoms with E-state index >= 15 is 0 Å². The number of carbonyl (C=O) groups is 2. The van der Waals surface area contributed by atoms with Crippen LogP contribution in [0.15, 0.2) is 29.5 Å². The van der Waals surface area contributed by atoms with Crippen molar-refractivity contribution < 1.29 is 9.59 Å². The molecular formula is C14H18N4O2. The minimum atomic E-state index is -0.851. The van der Waals surface area contributed by atoms with Gasteiger partial charge in [0, 0.05) is 12.7 Å². The lowest BCUT2D eigenvalue weighted by molar-refractivity contribution is -0.136. The lowest BCUT2D eigenvalue weighted by atomic mass is 10.0. The first-order valence-electron chi connectivity index (χ1n) is 6.57. The Morgan fingerprint density at radius 2 is 2.20 bits per heavy atom. The maximum absolute atomic E-state index is 12.2. The molecule has 106 valence electrons. The van der Waals surface area contributed by atoms with Crippen LogP contribution in [-0.4, -0.2) is 34.1 Å². The molecule has 0 fully saturated rings. The third-order valence-corrected chi connectivity index (χ3v) is 2.91. The topological polar surface area (TPSA) is 74.7 Å². The molecule has 1 unspecified atom stereocenters. The highest BCUT2D eigenvalue weighted by molar-refractivity contribution is 6.24. The average Bonchev–Trinajstić information content (AvgIpc) is 2.64. The van der Waals surface area contributed by atoms with Gasteiger partial charge in [0.05, 0.1) is 5.71 Å². The van der Waals surface area contributed by atoms with Crippen molar-refractivity contribution >= 4 is 23.3 Å². The van der Waals surface area contributed by atoms with Crippen LogP contribution in [0.25, 0.3) is 0 Å². The molecule has 1 atom stereocenters. The van der Waals surface area contributed by atoms with Crippen LogP contribution < -0.4 is 5.32 Å². The predicted octanol–water partition coefficient (Wildman–Crippen LogP) is 1.51. The van der Waals surface area contributed by atoms with E-state index in [0.29, 0.717) is 24.0 Å². The molecule has 6 nitrogen and oxygen atoms in total. The van der Waals surface area contributed by atoms with Crippen LogP contribution in [0.1, 0.15) is 20.8 Å². The van der Waals surface area contributed by atoms with Crippen molar-refractivity contribution in [2.45, 2.75) is 20.8 Å². The SMILES string of the molecule is CC1=NN(CC(C)C)C(=O)C1C(=O)Nc1ccccn1. The molecule has 0 bridgehead atoms. The third-order valence-electron chi connectivity index (χ3n) is 2.91. The fraction of sp³-hybridized carbons (Fsp3) is 0.429. The highest BCUT2D eigenvalue weighted by Crippen LogP contribution is 2.18. The van der Waals surface area contributed by atoms with E-state index in [4.69, 9.17) is 0 Å². The van der Waals surface area contributed by atoms with Gasteiger partial charge < -0.3 is 5.32 Å². The van der Waals surface area contributed by atoms with E-state index in [-0.39, 0.29) is 11.8 Å². The molecule has 0 saturated heterocycles. The van der Waals surface area contributed by atoms with Gasteiger partial charge in [-0.25, -0.2) is 9.99 Å². The number of aromatic nitrogens is 1. The second-order valence-corrected chi connectivity index (χ2v) is 5.19. The number of amides is 2. The highest BCUT2D eigenvalue weighted by atomic mass is 16.2. The fourth-order valence-corrected chi connectivity index (χ4v) is 2.04. The normalized spacial score (nSPS) is 18.4. The Morgan fingerprint density at radius 1 is 1.45 bits per heavy atom. The van der Waals surface area contributed by atoms with E-state index < -0.39 is 5.92 Å². The zero-order valence-corrected chi connectivity index (χ0v) is 11.8. The molecule has 2 amide bonds. The van der Waals surface area contributed by atoms with Crippen molar-refractivity contribution in [2.75, 3.05) is 11.9 Å². The van der Waals surface area contributed by atoms with Crippen LogP contribution in [0, 0.1) is 11.8 Å². The summed E-state index contributed by atoms with van der Waals surface area (Å²) >= 11 is 0. The summed E-state index contributed by atoms with van der Waals surface area (Å²) in [6.45, 7) is 6.21. The van der Waals surface area contributed by atoms with Crippen LogP contribution >= 0.6 is 0 Å². The number of hydrogen-bond donors (Lipinski definition) is 1. The summed E-state index contributed by atoms with van der Waals surface area (Å²) in [5, 5.41) is 8.19. The molecule has 1 aliphatic rings. The number of nitrogens with zero attached hydrogens (tertiary/aromatic N) is 3. The molecule has 0 aliphatic carbocycles. The minimum Gasteiger partial charge on any atom is -0.310 e. The van der Waals surface area contributed by atoms with Gasteiger partial charge in [-0.2, -0.15) is 5.10 Å². The Morgan fingerprint density at radius 3 is 2.80 bits per heavy atom. The number of nitrogens with one attached hydrogen (secondary N) is 1. The monoisotopic (exact) mass is 274 g/mol. The van der Waals surface area contributed by atoms with Crippen molar-refractivity contribution in [1.29, 1.82) is 0 Å². The molecule has 0 radical (unpaired) electrons. The molecule has 0 spiro atoms. The predicted molar refractivity (Wildman–Crippen MR) is 76.0 cm³/mol. The van der Waals surface area contributed by atoms with E-state index in [1.54, 1.807) is 31.3 Å². The van der Waals surface area contributed by atoms with E-state index in [1.807, 2.05) is 13.8 Å². The first-order valence-corrected chi connectivity index (χ1v) is 6.57. The van der Waals surface area contributed by atoms with Gasteiger partial charge in [-0.05, 0) is 25.0 Å². The zero-order chi connectivity index (χ0) is 14.7. The molecular weight excluding hydrogens is 256 g/mol. The Labute approximate surface area is 117 Å². The number of anilines is 1. The molecule has 0 saturated carbocycles. The first kappa shape index (κ1) is 14.2. The summed E-state index contributed by atoms with van der Waals surface area (Å²) in [5.41, 5.74) is 0.518. The maximum atomic E-state index is 12.2. The lowest BCUT2D eigenvalue weighted by Crippen LogP contribution is -2.37.